The third kappa shape index (κ3) is 2.68. The van der Waals surface area contributed by atoms with Gasteiger partial charge in [0, 0.05) is 10.7 Å². The highest BCUT2D eigenvalue weighted by Gasteiger charge is 2.01. The van der Waals surface area contributed by atoms with E-state index in [1.807, 2.05) is 32.0 Å². The van der Waals surface area contributed by atoms with Crippen molar-refractivity contribution in [2.24, 2.45) is 0 Å². The van der Waals surface area contributed by atoms with Crippen LogP contribution in [-0.4, -0.2) is 6.04 Å². The van der Waals surface area contributed by atoms with E-state index in [9.17, 15) is 0 Å². The van der Waals surface area contributed by atoms with Gasteiger partial charge in [0.2, 0.25) is 0 Å². The molecule has 2 heteroatoms. The van der Waals surface area contributed by atoms with E-state index in [2.05, 4.69) is 11.2 Å². The van der Waals surface area contributed by atoms with Gasteiger partial charge in [-0.15, -0.1) is 6.42 Å². The lowest BCUT2D eigenvalue weighted by molar-refractivity contribution is 1.03. The zero-order valence-corrected chi connectivity index (χ0v) is 8.52. The van der Waals surface area contributed by atoms with Crippen LogP contribution in [0.15, 0.2) is 18.2 Å². The zero-order valence-electron chi connectivity index (χ0n) is 7.76. The molecule has 13 heavy (non-hydrogen) atoms. The molecule has 1 N–H and O–H groups in total. The van der Waals surface area contributed by atoms with E-state index in [0.29, 0.717) is 0 Å². The van der Waals surface area contributed by atoms with Gasteiger partial charge in [-0.05, 0) is 31.5 Å². The Kier molecular flexibility index (Phi) is 3.22. The van der Waals surface area contributed by atoms with Crippen LogP contribution in [0.5, 0.6) is 0 Å². The van der Waals surface area contributed by atoms with Gasteiger partial charge in [-0.3, -0.25) is 0 Å². The molecule has 0 amide bonds. The summed E-state index contributed by atoms with van der Waals surface area (Å²) in [6.45, 7) is 3.95. The van der Waals surface area contributed by atoms with Gasteiger partial charge in [-0.2, -0.15) is 0 Å². The predicted molar refractivity (Wildman–Crippen MR) is 58.1 cm³/mol. The number of aryl methyl sites for hydroxylation is 1. The van der Waals surface area contributed by atoms with Crippen molar-refractivity contribution < 1.29 is 0 Å². The average Bonchev–Trinajstić information content (AvgIpc) is 2.11. The molecule has 0 aliphatic carbocycles. The molecular formula is C11H12ClN. The first-order chi connectivity index (χ1) is 6.13. The van der Waals surface area contributed by atoms with Crippen LogP contribution >= 0.6 is 11.6 Å². The first kappa shape index (κ1) is 9.95. The Bertz CT molecular complexity index is 338. The fraction of sp³-hybridized carbons (Fsp3) is 0.273. The van der Waals surface area contributed by atoms with Gasteiger partial charge in [-0.25, -0.2) is 0 Å². The van der Waals surface area contributed by atoms with Crippen molar-refractivity contribution in [1.82, 2.24) is 0 Å². The molecular weight excluding hydrogens is 182 g/mol. The van der Waals surface area contributed by atoms with Gasteiger partial charge < -0.3 is 5.32 Å². The fourth-order valence-corrected chi connectivity index (χ4v) is 1.20. The molecule has 1 rings (SSSR count). The van der Waals surface area contributed by atoms with E-state index in [1.165, 1.54) is 0 Å². The highest BCUT2D eigenvalue weighted by molar-refractivity contribution is 6.30. The minimum Gasteiger partial charge on any atom is -0.372 e. The molecule has 0 saturated heterocycles. The third-order valence-electron chi connectivity index (χ3n) is 1.82. The van der Waals surface area contributed by atoms with Gasteiger partial charge in [0.25, 0.3) is 0 Å². The van der Waals surface area contributed by atoms with Gasteiger partial charge in [-0.1, -0.05) is 23.6 Å². The summed E-state index contributed by atoms with van der Waals surface area (Å²) in [5.74, 6) is 2.61. The Morgan fingerprint density at radius 3 is 2.85 bits per heavy atom. The second kappa shape index (κ2) is 4.20. The summed E-state index contributed by atoms with van der Waals surface area (Å²) < 4.78 is 0. The Hall–Kier alpha value is -1.13. The quantitative estimate of drug-likeness (QED) is 0.712. The van der Waals surface area contributed by atoms with Crippen molar-refractivity contribution >= 4 is 17.3 Å². The minimum atomic E-state index is 0.0252. The van der Waals surface area contributed by atoms with E-state index in [1.54, 1.807) is 0 Å². The summed E-state index contributed by atoms with van der Waals surface area (Å²) in [5, 5.41) is 3.90. The molecule has 1 nitrogen and oxygen atoms in total. The van der Waals surface area contributed by atoms with Crippen LogP contribution in [0.25, 0.3) is 0 Å². The molecule has 0 aliphatic rings. The maximum Gasteiger partial charge on any atom is 0.0845 e. The Morgan fingerprint density at radius 1 is 1.54 bits per heavy atom. The molecule has 1 atom stereocenters. The summed E-state index contributed by atoms with van der Waals surface area (Å²) in [6.07, 6.45) is 5.26. The van der Waals surface area contributed by atoms with E-state index in [-0.39, 0.29) is 6.04 Å². The first-order valence-corrected chi connectivity index (χ1v) is 4.50. The lowest BCUT2D eigenvalue weighted by Crippen LogP contribution is -2.12. The second-order valence-corrected chi connectivity index (χ2v) is 3.43. The smallest absolute Gasteiger partial charge is 0.0845 e. The summed E-state index contributed by atoms with van der Waals surface area (Å²) >= 11 is 5.85. The van der Waals surface area contributed by atoms with Crippen molar-refractivity contribution in [3.05, 3.63) is 28.8 Å². The number of hydrogen-bond acceptors (Lipinski definition) is 1. The van der Waals surface area contributed by atoms with E-state index in [4.69, 9.17) is 18.0 Å². The standard InChI is InChI=1S/C11H12ClN/c1-4-9(3)13-11-7-10(12)6-5-8(11)2/h1,5-7,9,13H,2-3H3. The minimum absolute atomic E-state index is 0.0252. The van der Waals surface area contributed by atoms with Gasteiger partial charge >= 0.3 is 0 Å². The van der Waals surface area contributed by atoms with Crippen LogP contribution < -0.4 is 5.32 Å². The van der Waals surface area contributed by atoms with Gasteiger partial charge in [0.1, 0.15) is 0 Å². The number of hydrogen-bond donors (Lipinski definition) is 1. The number of benzene rings is 1. The zero-order chi connectivity index (χ0) is 9.84. The molecule has 0 saturated carbocycles. The number of nitrogens with one attached hydrogen (secondary N) is 1. The molecule has 0 spiro atoms. The molecule has 0 fully saturated rings. The van der Waals surface area contributed by atoms with Gasteiger partial charge in [0.05, 0.1) is 6.04 Å². The highest BCUT2D eigenvalue weighted by atomic mass is 35.5. The normalized spacial score (nSPS) is 11.8. The summed E-state index contributed by atoms with van der Waals surface area (Å²) in [5.41, 5.74) is 2.14. The maximum atomic E-state index is 5.85. The number of terminal acetylenes is 1. The molecule has 0 heterocycles. The Balaban J connectivity index is 2.88. The maximum absolute atomic E-state index is 5.85. The number of anilines is 1. The largest absolute Gasteiger partial charge is 0.372 e. The lowest BCUT2D eigenvalue weighted by Gasteiger charge is -2.12. The SMILES string of the molecule is C#CC(C)Nc1cc(Cl)ccc1C. The van der Waals surface area contributed by atoms with Gasteiger partial charge in [0.15, 0.2) is 0 Å². The van der Waals surface area contributed by atoms with E-state index >= 15 is 0 Å². The predicted octanol–water partition coefficient (Wildman–Crippen LogP) is 3.08. The Morgan fingerprint density at radius 2 is 2.23 bits per heavy atom. The number of halogens is 1. The van der Waals surface area contributed by atoms with Crippen LogP contribution in [-0.2, 0) is 0 Å². The molecule has 68 valence electrons. The monoisotopic (exact) mass is 193 g/mol. The van der Waals surface area contributed by atoms with Crippen LogP contribution in [0, 0.1) is 19.3 Å². The summed E-state index contributed by atoms with van der Waals surface area (Å²) in [6, 6.07) is 5.73. The van der Waals surface area contributed by atoms with Crippen molar-refractivity contribution in [3.63, 3.8) is 0 Å². The van der Waals surface area contributed by atoms with E-state index in [0.717, 1.165) is 16.3 Å². The summed E-state index contributed by atoms with van der Waals surface area (Å²) in [7, 11) is 0. The van der Waals surface area contributed by atoms with E-state index < -0.39 is 0 Å². The Labute approximate surface area is 84.1 Å². The van der Waals surface area contributed by atoms with Crippen molar-refractivity contribution in [2.45, 2.75) is 19.9 Å². The van der Waals surface area contributed by atoms with Crippen LogP contribution in [0.4, 0.5) is 5.69 Å². The van der Waals surface area contributed by atoms with Crippen molar-refractivity contribution in [3.8, 4) is 12.3 Å². The fourth-order valence-electron chi connectivity index (χ4n) is 1.02. The molecule has 0 aromatic heterocycles. The molecule has 1 unspecified atom stereocenters. The van der Waals surface area contributed by atoms with Crippen LogP contribution in [0.3, 0.4) is 0 Å². The number of rotatable bonds is 2. The lowest BCUT2D eigenvalue weighted by atomic mass is 10.2. The molecule has 0 aliphatic heterocycles. The highest BCUT2D eigenvalue weighted by Crippen LogP contribution is 2.20. The van der Waals surface area contributed by atoms with Crippen LogP contribution in [0.1, 0.15) is 12.5 Å². The summed E-state index contributed by atoms with van der Waals surface area (Å²) in [4.78, 5) is 0. The first-order valence-electron chi connectivity index (χ1n) is 4.12. The molecule has 0 radical (unpaired) electrons. The third-order valence-corrected chi connectivity index (χ3v) is 2.06. The van der Waals surface area contributed by atoms with Crippen molar-refractivity contribution in [2.75, 3.05) is 5.32 Å². The molecule has 1 aromatic rings. The average molecular weight is 194 g/mol. The topological polar surface area (TPSA) is 12.0 Å². The molecule has 1 aromatic carbocycles. The van der Waals surface area contributed by atoms with Crippen molar-refractivity contribution in [1.29, 1.82) is 0 Å². The van der Waals surface area contributed by atoms with Crippen LogP contribution in [0.2, 0.25) is 5.02 Å². The second-order valence-electron chi connectivity index (χ2n) is 2.99. The molecule has 0 bridgehead atoms.